The molecule has 0 aliphatic heterocycles. The Bertz CT molecular complexity index is 737. The highest BCUT2D eigenvalue weighted by Crippen LogP contribution is 2.26. The van der Waals surface area contributed by atoms with Crippen molar-refractivity contribution >= 4 is 17.5 Å². The zero-order chi connectivity index (χ0) is 18.4. The highest BCUT2D eigenvalue weighted by molar-refractivity contribution is 6.30. The van der Waals surface area contributed by atoms with Crippen LogP contribution in [-0.2, 0) is 0 Å². The van der Waals surface area contributed by atoms with E-state index in [-0.39, 0.29) is 19.1 Å². The molecule has 134 valence electrons. The van der Waals surface area contributed by atoms with Gasteiger partial charge in [0.2, 0.25) is 0 Å². The number of halogens is 2. The van der Waals surface area contributed by atoms with Crippen LogP contribution in [-0.4, -0.2) is 61.2 Å². The molecule has 0 bridgehead atoms. The van der Waals surface area contributed by atoms with Crippen LogP contribution in [0.3, 0.4) is 0 Å². The first-order valence-corrected chi connectivity index (χ1v) is 8.40. The van der Waals surface area contributed by atoms with Crippen molar-refractivity contribution in [3.8, 4) is 11.1 Å². The third-order valence-electron chi connectivity index (χ3n) is 3.83. The first kappa shape index (κ1) is 19.4. The lowest BCUT2D eigenvalue weighted by molar-refractivity contribution is 0.0710. The van der Waals surface area contributed by atoms with Crippen LogP contribution in [0.5, 0.6) is 0 Å². The summed E-state index contributed by atoms with van der Waals surface area (Å²) in [6, 6.07) is 11.3. The van der Waals surface area contributed by atoms with Gasteiger partial charge < -0.3 is 14.9 Å². The van der Waals surface area contributed by atoms with Gasteiger partial charge in [0.05, 0.1) is 6.61 Å². The number of carbonyl (C=O) groups excluding carboxylic acids is 1. The van der Waals surface area contributed by atoms with E-state index in [1.807, 2.05) is 19.0 Å². The van der Waals surface area contributed by atoms with Gasteiger partial charge in [-0.05, 0) is 50.0 Å². The number of hydrogen-bond acceptors (Lipinski definition) is 3. The number of rotatable bonds is 7. The monoisotopic (exact) mass is 364 g/mol. The average molecular weight is 365 g/mol. The normalized spacial score (nSPS) is 11.0. The quantitative estimate of drug-likeness (QED) is 0.820. The molecular formula is C19H22ClFN2O2. The first-order chi connectivity index (χ1) is 11.9. The van der Waals surface area contributed by atoms with Crippen LogP contribution in [0.1, 0.15) is 10.4 Å². The molecule has 6 heteroatoms. The molecule has 0 aliphatic carbocycles. The summed E-state index contributed by atoms with van der Waals surface area (Å²) < 4.78 is 14.1. The van der Waals surface area contributed by atoms with Crippen molar-refractivity contribution in [2.24, 2.45) is 0 Å². The number of carbonyl (C=O) groups is 1. The van der Waals surface area contributed by atoms with Crippen LogP contribution in [0.2, 0.25) is 5.02 Å². The zero-order valence-electron chi connectivity index (χ0n) is 14.4. The number of nitrogens with zero attached hydrogens (tertiary/aromatic N) is 2. The molecule has 0 unspecified atom stereocenters. The molecule has 25 heavy (non-hydrogen) atoms. The molecule has 0 atom stereocenters. The van der Waals surface area contributed by atoms with E-state index in [1.54, 1.807) is 41.3 Å². The fraction of sp³-hybridized carbons (Fsp3) is 0.316. The maximum Gasteiger partial charge on any atom is 0.253 e. The SMILES string of the molecule is CN(C)CCN(CCO)C(=O)c1cccc(-c2ccc(Cl)cc2F)c1. The molecule has 1 N–H and O–H groups in total. The van der Waals surface area contributed by atoms with Crippen molar-refractivity contribution in [1.29, 1.82) is 0 Å². The zero-order valence-corrected chi connectivity index (χ0v) is 15.1. The number of aliphatic hydroxyl groups excluding tert-OH is 1. The van der Waals surface area contributed by atoms with Crippen LogP contribution >= 0.6 is 11.6 Å². The topological polar surface area (TPSA) is 43.8 Å². The van der Waals surface area contributed by atoms with E-state index in [9.17, 15) is 14.3 Å². The minimum atomic E-state index is -0.433. The van der Waals surface area contributed by atoms with Crippen LogP contribution in [0.15, 0.2) is 42.5 Å². The summed E-state index contributed by atoms with van der Waals surface area (Å²) in [6.45, 7) is 1.35. The Morgan fingerprint density at radius 2 is 1.88 bits per heavy atom. The van der Waals surface area contributed by atoms with Crippen LogP contribution in [0, 0.1) is 5.82 Å². The van der Waals surface area contributed by atoms with Crippen molar-refractivity contribution in [3.63, 3.8) is 0 Å². The molecule has 0 spiro atoms. The molecule has 0 saturated heterocycles. The van der Waals surface area contributed by atoms with Gasteiger partial charge in [-0.2, -0.15) is 0 Å². The van der Waals surface area contributed by atoms with E-state index in [1.165, 1.54) is 6.07 Å². The second-order valence-electron chi connectivity index (χ2n) is 6.02. The molecule has 2 aromatic rings. The molecule has 0 aliphatic rings. The Labute approximate surface area is 152 Å². The minimum absolute atomic E-state index is 0.106. The predicted molar refractivity (Wildman–Crippen MR) is 98.4 cm³/mol. The van der Waals surface area contributed by atoms with Crippen molar-refractivity contribution in [1.82, 2.24) is 9.80 Å². The van der Waals surface area contributed by atoms with Crippen LogP contribution in [0.25, 0.3) is 11.1 Å². The van der Waals surface area contributed by atoms with Crippen molar-refractivity contribution in [2.45, 2.75) is 0 Å². The van der Waals surface area contributed by atoms with Crippen LogP contribution < -0.4 is 0 Å². The van der Waals surface area contributed by atoms with E-state index in [4.69, 9.17) is 11.6 Å². The Balaban J connectivity index is 2.28. The van der Waals surface area contributed by atoms with E-state index in [0.717, 1.165) is 0 Å². The van der Waals surface area contributed by atoms with E-state index in [2.05, 4.69) is 0 Å². The molecule has 2 aromatic carbocycles. The number of likely N-dealkylation sites (N-methyl/N-ethyl adjacent to an activating group) is 1. The summed E-state index contributed by atoms with van der Waals surface area (Å²) in [5.41, 5.74) is 1.46. The van der Waals surface area contributed by atoms with Gasteiger partial charge in [-0.25, -0.2) is 4.39 Å². The summed E-state index contributed by atoms with van der Waals surface area (Å²) in [5, 5.41) is 9.55. The third kappa shape index (κ3) is 5.26. The van der Waals surface area contributed by atoms with E-state index < -0.39 is 5.82 Å². The van der Waals surface area contributed by atoms with Gasteiger partial charge in [-0.15, -0.1) is 0 Å². The summed E-state index contributed by atoms with van der Waals surface area (Å²) in [7, 11) is 3.84. The highest BCUT2D eigenvalue weighted by Gasteiger charge is 2.16. The van der Waals surface area contributed by atoms with Gasteiger partial charge in [0.25, 0.3) is 5.91 Å². The maximum atomic E-state index is 14.1. The van der Waals surface area contributed by atoms with E-state index >= 15 is 0 Å². The Morgan fingerprint density at radius 1 is 1.12 bits per heavy atom. The standard InChI is InChI=1S/C19H22ClFN2O2/c1-22(2)8-9-23(10-11-24)19(25)15-5-3-4-14(12-15)17-7-6-16(20)13-18(17)21/h3-7,12-13,24H,8-11H2,1-2H3. The summed E-state index contributed by atoms with van der Waals surface area (Å²) in [6.07, 6.45) is 0. The van der Waals surface area contributed by atoms with Gasteiger partial charge in [0.1, 0.15) is 5.82 Å². The molecule has 0 radical (unpaired) electrons. The molecule has 0 saturated carbocycles. The lowest BCUT2D eigenvalue weighted by Crippen LogP contribution is -2.38. The first-order valence-electron chi connectivity index (χ1n) is 8.02. The number of aliphatic hydroxyl groups is 1. The molecule has 0 heterocycles. The maximum absolute atomic E-state index is 14.1. The fourth-order valence-electron chi connectivity index (χ4n) is 2.48. The predicted octanol–water partition coefficient (Wildman–Crippen LogP) is 3.14. The Kier molecular flexibility index (Phi) is 6.93. The largest absolute Gasteiger partial charge is 0.395 e. The second kappa shape index (κ2) is 8.94. The smallest absolute Gasteiger partial charge is 0.253 e. The molecule has 2 rings (SSSR count). The fourth-order valence-corrected chi connectivity index (χ4v) is 2.64. The second-order valence-corrected chi connectivity index (χ2v) is 6.46. The van der Waals surface area contributed by atoms with Gasteiger partial charge >= 0.3 is 0 Å². The molecule has 4 nitrogen and oxygen atoms in total. The molecule has 1 amide bonds. The number of benzene rings is 2. The molecule has 0 fully saturated rings. The minimum Gasteiger partial charge on any atom is -0.395 e. The van der Waals surface area contributed by atoms with E-state index in [0.29, 0.717) is 34.8 Å². The van der Waals surface area contributed by atoms with Crippen molar-refractivity contribution in [3.05, 3.63) is 58.9 Å². The van der Waals surface area contributed by atoms with Crippen molar-refractivity contribution in [2.75, 3.05) is 40.3 Å². The summed E-state index contributed by atoms with van der Waals surface area (Å²) in [5.74, 6) is -0.621. The van der Waals surface area contributed by atoms with Crippen LogP contribution in [0.4, 0.5) is 4.39 Å². The van der Waals surface area contributed by atoms with Gasteiger partial charge in [-0.3, -0.25) is 4.79 Å². The number of amides is 1. The average Bonchev–Trinajstić information content (AvgIpc) is 2.58. The molecular weight excluding hydrogens is 343 g/mol. The van der Waals surface area contributed by atoms with Gasteiger partial charge in [-0.1, -0.05) is 23.7 Å². The summed E-state index contributed by atoms with van der Waals surface area (Å²) >= 11 is 5.79. The number of hydrogen-bond donors (Lipinski definition) is 1. The lowest BCUT2D eigenvalue weighted by atomic mass is 10.0. The lowest BCUT2D eigenvalue weighted by Gasteiger charge is -2.24. The molecule has 0 aromatic heterocycles. The van der Waals surface area contributed by atoms with Gasteiger partial charge in [0.15, 0.2) is 0 Å². The summed E-state index contributed by atoms with van der Waals surface area (Å²) in [4.78, 5) is 16.3. The Morgan fingerprint density at radius 3 is 2.52 bits per heavy atom. The van der Waals surface area contributed by atoms with Gasteiger partial charge in [0, 0.05) is 35.8 Å². The highest BCUT2D eigenvalue weighted by atomic mass is 35.5. The third-order valence-corrected chi connectivity index (χ3v) is 4.06. The Hall–Kier alpha value is -1.95. The van der Waals surface area contributed by atoms with Crippen molar-refractivity contribution < 1.29 is 14.3 Å².